The molecule has 0 radical (unpaired) electrons. The van der Waals surface area contributed by atoms with Crippen molar-refractivity contribution in [2.75, 3.05) is 13.1 Å². The number of hydrogen-bond acceptors (Lipinski definition) is 6. The Kier molecular flexibility index (Phi) is 6.19. The Morgan fingerprint density at radius 1 is 1.17 bits per heavy atom. The van der Waals surface area contributed by atoms with E-state index in [4.69, 9.17) is 13.9 Å². The minimum absolute atomic E-state index is 0.00964. The topological polar surface area (TPSA) is 86.0 Å². The van der Waals surface area contributed by atoms with E-state index in [1.807, 2.05) is 46.8 Å². The molecule has 0 unspecified atom stereocenters. The molecule has 30 heavy (non-hydrogen) atoms. The van der Waals surface area contributed by atoms with Crippen LogP contribution in [-0.2, 0) is 20.9 Å². The van der Waals surface area contributed by atoms with E-state index < -0.39 is 11.2 Å². The zero-order valence-electron chi connectivity index (χ0n) is 18.2. The van der Waals surface area contributed by atoms with Gasteiger partial charge in [0.15, 0.2) is 0 Å². The molecule has 0 atom stereocenters. The molecule has 0 bridgehead atoms. The quantitative estimate of drug-likeness (QED) is 0.554. The molecule has 1 aliphatic rings. The number of likely N-dealkylation sites (tertiary alicyclic amines) is 1. The van der Waals surface area contributed by atoms with Gasteiger partial charge in [0, 0.05) is 30.1 Å². The van der Waals surface area contributed by atoms with E-state index in [-0.39, 0.29) is 24.6 Å². The fraction of sp³-hybridized carbons (Fsp3) is 0.522. The van der Waals surface area contributed by atoms with E-state index in [0.717, 1.165) is 16.5 Å². The lowest BCUT2D eigenvalue weighted by Gasteiger charge is -2.32. The fourth-order valence-corrected chi connectivity index (χ4v) is 3.53. The molecule has 1 aliphatic heterocycles. The molecule has 7 heteroatoms. The maximum Gasteiger partial charge on any atom is 0.410 e. The Bertz CT molecular complexity index is 1010. The van der Waals surface area contributed by atoms with Gasteiger partial charge in [-0.3, -0.25) is 4.79 Å². The monoisotopic (exact) mass is 415 g/mol. The molecule has 0 N–H and O–H groups in total. The molecule has 2 heterocycles. The van der Waals surface area contributed by atoms with E-state index in [9.17, 15) is 14.4 Å². The van der Waals surface area contributed by atoms with Gasteiger partial charge < -0.3 is 18.8 Å². The Labute approximate surface area is 175 Å². The van der Waals surface area contributed by atoms with Crippen LogP contribution < -0.4 is 5.63 Å². The van der Waals surface area contributed by atoms with Gasteiger partial charge in [0.05, 0.1) is 5.92 Å². The number of carbonyl (C=O) groups is 2. The number of fused-ring (bicyclic) bond motifs is 1. The van der Waals surface area contributed by atoms with Gasteiger partial charge in [-0.05, 0) is 58.6 Å². The maximum atomic E-state index is 12.6. The fourth-order valence-electron chi connectivity index (χ4n) is 3.53. The first-order valence-corrected chi connectivity index (χ1v) is 10.2. The molecule has 1 saturated heterocycles. The Balaban J connectivity index is 1.61. The number of esters is 1. The molecule has 1 amide bonds. The summed E-state index contributed by atoms with van der Waals surface area (Å²) < 4.78 is 16.3. The van der Waals surface area contributed by atoms with Crippen LogP contribution in [0.15, 0.2) is 27.4 Å². The third kappa shape index (κ3) is 5.01. The van der Waals surface area contributed by atoms with Crippen molar-refractivity contribution in [3.63, 3.8) is 0 Å². The molecule has 0 spiro atoms. The van der Waals surface area contributed by atoms with Gasteiger partial charge in [0.25, 0.3) is 0 Å². The van der Waals surface area contributed by atoms with Crippen molar-refractivity contribution in [3.05, 3.63) is 45.3 Å². The molecule has 3 rings (SSSR count). The molecule has 7 nitrogen and oxygen atoms in total. The summed E-state index contributed by atoms with van der Waals surface area (Å²) in [4.78, 5) is 38.3. The van der Waals surface area contributed by atoms with Crippen molar-refractivity contribution < 1.29 is 23.5 Å². The molecule has 162 valence electrons. The van der Waals surface area contributed by atoms with Gasteiger partial charge in [0.2, 0.25) is 0 Å². The van der Waals surface area contributed by atoms with Crippen LogP contribution in [0, 0.1) is 19.8 Å². The first-order chi connectivity index (χ1) is 14.0. The first kappa shape index (κ1) is 21.9. The summed E-state index contributed by atoms with van der Waals surface area (Å²) in [5.41, 5.74) is 2.06. The number of rotatable bonds is 3. The number of piperidine rings is 1. The lowest BCUT2D eigenvalue weighted by Crippen LogP contribution is -2.43. The number of carbonyl (C=O) groups excluding carboxylic acids is 2. The van der Waals surface area contributed by atoms with Gasteiger partial charge in [-0.15, -0.1) is 0 Å². The zero-order valence-corrected chi connectivity index (χ0v) is 18.2. The van der Waals surface area contributed by atoms with E-state index in [2.05, 4.69) is 0 Å². The standard InChI is InChI=1S/C23H29NO6/c1-14-6-7-18-17(12-19(25)29-20(18)15(14)2)13-28-21(26)16-8-10-24(11-9-16)22(27)30-23(3,4)5/h6-7,12,16H,8-11,13H2,1-5H3. The second kappa shape index (κ2) is 8.50. The smallest absolute Gasteiger partial charge is 0.410 e. The normalized spacial score (nSPS) is 15.3. The Hall–Kier alpha value is -2.83. The van der Waals surface area contributed by atoms with Gasteiger partial charge in [-0.1, -0.05) is 12.1 Å². The van der Waals surface area contributed by atoms with Crippen LogP contribution in [-0.4, -0.2) is 35.7 Å². The molecule has 1 fully saturated rings. The number of aryl methyl sites for hydroxylation is 2. The highest BCUT2D eigenvalue weighted by Crippen LogP contribution is 2.25. The van der Waals surface area contributed by atoms with Crippen LogP contribution in [0.5, 0.6) is 0 Å². The SMILES string of the molecule is Cc1ccc2c(COC(=O)C3CCN(C(=O)OC(C)(C)C)CC3)cc(=O)oc2c1C. The highest BCUT2D eigenvalue weighted by Gasteiger charge is 2.30. The minimum Gasteiger partial charge on any atom is -0.461 e. The van der Waals surface area contributed by atoms with E-state index in [1.54, 1.807) is 4.90 Å². The summed E-state index contributed by atoms with van der Waals surface area (Å²) in [6, 6.07) is 5.20. The Morgan fingerprint density at radius 3 is 2.47 bits per heavy atom. The van der Waals surface area contributed by atoms with E-state index in [1.165, 1.54) is 6.07 Å². The highest BCUT2D eigenvalue weighted by atomic mass is 16.6. The van der Waals surface area contributed by atoms with Crippen molar-refractivity contribution in [2.45, 2.75) is 59.7 Å². The van der Waals surface area contributed by atoms with Crippen LogP contribution in [0.1, 0.15) is 50.3 Å². The van der Waals surface area contributed by atoms with E-state index >= 15 is 0 Å². The molecule has 1 aromatic heterocycles. The summed E-state index contributed by atoms with van der Waals surface area (Å²) >= 11 is 0. The summed E-state index contributed by atoms with van der Waals surface area (Å²) in [7, 11) is 0. The van der Waals surface area contributed by atoms with Crippen LogP contribution in [0.4, 0.5) is 4.79 Å². The largest absolute Gasteiger partial charge is 0.461 e. The van der Waals surface area contributed by atoms with Crippen LogP contribution in [0.3, 0.4) is 0 Å². The maximum absolute atomic E-state index is 12.6. The highest BCUT2D eigenvalue weighted by molar-refractivity contribution is 5.84. The predicted molar refractivity (Wildman–Crippen MR) is 112 cm³/mol. The summed E-state index contributed by atoms with van der Waals surface area (Å²) in [6.45, 7) is 10.2. The number of hydrogen-bond donors (Lipinski definition) is 0. The van der Waals surface area contributed by atoms with Gasteiger partial charge >= 0.3 is 17.7 Å². The number of benzene rings is 1. The summed E-state index contributed by atoms with van der Waals surface area (Å²) in [5, 5.41) is 0.769. The van der Waals surface area contributed by atoms with Crippen molar-refractivity contribution >= 4 is 23.0 Å². The van der Waals surface area contributed by atoms with Crippen molar-refractivity contribution in [1.29, 1.82) is 0 Å². The second-order valence-corrected chi connectivity index (χ2v) is 8.82. The van der Waals surface area contributed by atoms with Crippen molar-refractivity contribution in [3.8, 4) is 0 Å². The first-order valence-electron chi connectivity index (χ1n) is 10.2. The molecular formula is C23H29NO6. The summed E-state index contributed by atoms with van der Waals surface area (Å²) in [6.07, 6.45) is 0.685. The summed E-state index contributed by atoms with van der Waals surface area (Å²) in [5.74, 6) is -0.594. The molecule has 1 aromatic carbocycles. The number of ether oxygens (including phenoxy) is 2. The third-order valence-electron chi connectivity index (χ3n) is 5.37. The number of amides is 1. The lowest BCUT2D eigenvalue weighted by atomic mass is 9.97. The van der Waals surface area contributed by atoms with Crippen molar-refractivity contribution in [1.82, 2.24) is 4.90 Å². The van der Waals surface area contributed by atoms with E-state index in [0.29, 0.717) is 37.1 Å². The van der Waals surface area contributed by atoms with Gasteiger partial charge in [-0.25, -0.2) is 9.59 Å². The average molecular weight is 415 g/mol. The Morgan fingerprint density at radius 2 is 1.83 bits per heavy atom. The van der Waals surface area contributed by atoms with Crippen LogP contribution in [0.25, 0.3) is 11.0 Å². The van der Waals surface area contributed by atoms with Gasteiger partial charge in [-0.2, -0.15) is 0 Å². The second-order valence-electron chi connectivity index (χ2n) is 8.82. The van der Waals surface area contributed by atoms with Gasteiger partial charge in [0.1, 0.15) is 17.8 Å². The molecule has 0 saturated carbocycles. The molecule has 2 aromatic rings. The average Bonchev–Trinajstić information content (AvgIpc) is 2.68. The molecule has 0 aliphatic carbocycles. The third-order valence-corrected chi connectivity index (χ3v) is 5.37. The zero-order chi connectivity index (χ0) is 22.1. The van der Waals surface area contributed by atoms with Crippen LogP contribution in [0.2, 0.25) is 0 Å². The van der Waals surface area contributed by atoms with Crippen molar-refractivity contribution in [2.24, 2.45) is 5.92 Å². The minimum atomic E-state index is -0.547. The predicted octanol–water partition coefficient (Wildman–Crippen LogP) is 4.10. The van der Waals surface area contributed by atoms with Crippen LogP contribution >= 0.6 is 0 Å². The lowest BCUT2D eigenvalue weighted by molar-refractivity contribution is -0.151. The number of nitrogens with zero attached hydrogens (tertiary/aromatic N) is 1. The molecular weight excluding hydrogens is 386 g/mol.